The summed E-state index contributed by atoms with van der Waals surface area (Å²) in [5, 5.41) is 3.01. The molecule has 2 atom stereocenters. The molecular formula is C15H20BrN3O2. The van der Waals surface area contributed by atoms with E-state index in [2.05, 4.69) is 21.2 Å². The van der Waals surface area contributed by atoms with Crippen LogP contribution in [0.5, 0.6) is 0 Å². The summed E-state index contributed by atoms with van der Waals surface area (Å²) < 4.78 is 0.985. The molecule has 0 unspecified atom stereocenters. The molecule has 1 heterocycles. The zero-order valence-electron chi connectivity index (χ0n) is 12.0. The topological polar surface area (TPSA) is 75.4 Å². The average Bonchev–Trinajstić information content (AvgIpc) is 2.47. The van der Waals surface area contributed by atoms with Crippen LogP contribution in [0.2, 0.25) is 0 Å². The molecule has 5 nitrogen and oxygen atoms in total. The average molecular weight is 354 g/mol. The molecule has 3 amide bonds. The van der Waals surface area contributed by atoms with E-state index in [9.17, 15) is 9.59 Å². The molecule has 1 aliphatic rings. The number of piperidine rings is 1. The van der Waals surface area contributed by atoms with Crippen molar-refractivity contribution in [3.8, 4) is 0 Å². The van der Waals surface area contributed by atoms with E-state index in [1.807, 2.05) is 31.2 Å². The number of rotatable bonds is 3. The van der Waals surface area contributed by atoms with E-state index < -0.39 is 6.03 Å². The first kappa shape index (κ1) is 15.8. The molecule has 21 heavy (non-hydrogen) atoms. The minimum Gasteiger partial charge on any atom is -0.351 e. The lowest BCUT2D eigenvalue weighted by atomic mass is 9.96. The Hall–Kier alpha value is -1.56. The van der Waals surface area contributed by atoms with Crippen LogP contribution in [0.3, 0.4) is 0 Å². The maximum atomic E-state index is 12.3. The molecule has 114 valence electrons. The number of halogens is 1. The number of nitrogens with zero attached hydrogens (tertiary/aromatic N) is 1. The molecule has 0 bridgehead atoms. The summed E-state index contributed by atoms with van der Waals surface area (Å²) in [6.07, 6.45) is 1.60. The van der Waals surface area contributed by atoms with Crippen LogP contribution in [0.15, 0.2) is 28.7 Å². The number of hydrogen-bond acceptors (Lipinski definition) is 2. The van der Waals surface area contributed by atoms with Gasteiger partial charge in [-0.25, -0.2) is 4.79 Å². The van der Waals surface area contributed by atoms with Gasteiger partial charge in [0, 0.05) is 17.6 Å². The lowest BCUT2D eigenvalue weighted by Gasteiger charge is -2.31. The maximum absolute atomic E-state index is 12.3. The Morgan fingerprint density at radius 1 is 1.48 bits per heavy atom. The van der Waals surface area contributed by atoms with Crippen molar-refractivity contribution in [2.75, 3.05) is 13.1 Å². The second-order valence-corrected chi connectivity index (χ2v) is 6.32. The van der Waals surface area contributed by atoms with Crippen LogP contribution in [0.25, 0.3) is 0 Å². The van der Waals surface area contributed by atoms with Gasteiger partial charge in [-0.1, -0.05) is 28.1 Å². The lowest BCUT2D eigenvalue weighted by Crippen LogP contribution is -2.47. The van der Waals surface area contributed by atoms with Gasteiger partial charge in [0.25, 0.3) is 0 Å². The van der Waals surface area contributed by atoms with Gasteiger partial charge in [-0.2, -0.15) is 0 Å². The Kier molecular flexibility index (Phi) is 5.22. The molecule has 6 heteroatoms. The molecule has 2 rings (SSSR count). The van der Waals surface area contributed by atoms with Gasteiger partial charge in [0.2, 0.25) is 5.91 Å². The predicted molar refractivity (Wildman–Crippen MR) is 84.6 cm³/mol. The van der Waals surface area contributed by atoms with Crippen LogP contribution >= 0.6 is 15.9 Å². The van der Waals surface area contributed by atoms with Crippen molar-refractivity contribution in [3.05, 3.63) is 34.3 Å². The highest BCUT2D eigenvalue weighted by Crippen LogP contribution is 2.20. The summed E-state index contributed by atoms with van der Waals surface area (Å²) in [6.45, 7) is 3.00. The van der Waals surface area contributed by atoms with Crippen LogP contribution in [0.1, 0.15) is 31.4 Å². The lowest BCUT2D eigenvalue weighted by molar-refractivity contribution is -0.126. The minimum atomic E-state index is -0.451. The summed E-state index contributed by atoms with van der Waals surface area (Å²) in [4.78, 5) is 25.1. The van der Waals surface area contributed by atoms with Gasteiger partial charge in [-0.15, -0.1) is 0 Å². The van der Waals surface area contributed by atoms with Gasteiger partial charge in [0.05, 0.1) is 12.0 Å². The highest BCUT2D eigenvalue weighted by molar-refractivity contribution is 9.10. The largest absolute Gasteiger partial charge is 0.351 e. The van der Waals surface area contributed by atoms with E-state index in [1.165, 1.54) is 4.90 Å². The molecule has 1 aliphatic heterocycles. The van der Waals surface area contributed by atoms with Crippen molar-refractivity contribution < 1.29 is 9.59 Å². The van der Waals surface area contributed by atoms with E-state index in [1.54, 1.807) is 0 Å². The minimum absolute atomic E-state index is 0.0200. The van der Waals surface area contributed by atoms with E-state index in [0.717, 1.165) is 22.9 Å². The quantitative estimate of drug-likeness (QED) is 0.875. The van der Waals surface area contributed by atoms with E-state index in [0.29, 0.717) is 13.1 Å². The first-order chi connectivity index (χ1) is 9.97. The second-order valence-electron chi connectivity index (χ2n) is 5.41. The molecule has 1 aromatic carbocycles. The normalized spacial score (nSPS) is 19.9. The van der Waals surface area contributed by atoms with Crippen molar-refractivity contribution in [3.63, 3.8) is 0 Å². The molecule has 0 aromatic heterocycles. The molecule has 3 N–H and O–H groups in total. The summed E-state index contributed by atoms with van der Waals surface area (Å²) in [5.41, 5.74) is 6.33. The molecule has 1 saturated heterocycles. The third-order valence-corrected chi connectivity index (χ3v) is 4.30. The number of carbonyl (C=O) groups excluding carboxylic acids is 2. The SMILES string of the molecule is C[C@@H](NC(=O)[C@H]1CCCN(C(N)=O)C1)c1cccc(Br)c1. The third-order valence-electron chi connectivity index (χ3n) is 3.81. The smallest absolute Gasteiger partial charge is 0.314 e. The standard InChI is InChI=1S/C15H20BrN3O2/c1-10(11-4-2-6-13(16)8-11)18-14(20)12-5-3-7-19(9-12)15(17)21/h2,4,6,8,10,12H,3,5,7,9H2,1H3,(H2,17,21)(H,18,20)/t10-,12+/m1/s1. The number of carbonyl (C=O) groups is 2. The third kappa shape index (κ3) is 4.20. The second kappa shape index (κ2) is 6.93. The van der Waals surface area contributed by atoms with Gasteiger partial charge in [0.1, 0.15) is 0 Å². The number of primary amides is 1. The summed E-state index contributed by atoms with van der Waals surface area (Å²) in [5.74, 6) is -0.200. The highest BCUT2D eigenvalue weighted by Gasteiger charge is 2.28. The monoisotopic (exact) mass is 353 g/mol. The Balaban J connectivity index is 1.96. The molecule has 0 spiro atoms. The molecule has 1 aromatic rings. The Morgan fingerprint density at radius 3 is 2.90 bits per heavy atom. The van der Waals surface area contributed by atoms with Gasteiger partial charge < -0.3 is 16.0 Å². The number of urea groups is 1. The van der Waals surface area contributed by atoms with Crippen LogP contribution in [0, 0.1) is 5.92 Å². The van der Waals surface area contributed by atoms with Gasteiger partial charge in [-0.05, 0) is 37.5 Å². The van der Waals surface area contributed by atoms with Crippen molar-refractivity contribution in [2.24, 2.45) is 11.7 Å². The van der Waals surface area contributed by atoms with Crippen LogP contribution in [-0.2, 0) is 4.79 Å². The first-order valence-electron chi connectivity index (χ1n) is 7.07. The van der Waals surface area contributed by atoms with Gasteiger partial charge >= 0.3 is 6.03 Å². The number of nitrogens with two attached hydrogens (primary N) is 1. The Labute approximate surface area is 133 Å². The zero-order valence-corrected chi connectivity index (χ0v) is 13.6. The number of hydrogen-bond donors (Lipinski definition) is 2. The number of amides is 3. The number of nitrogens with one attached hydrogen (secondary N) is 1. The molecule has 0 aliphatic carbocycles. The van der Waals surface area contributed by atoms with Crippen LogP contribution in [-0.4, -0.2) is 29.9 Å². The molecule has 0 saturated carbocycles. The molecule has 1 fully saturated rings. The zero-order chi connectivity index (χ0) is 15.4. The summed E-state index contributed by atoms with van der Waals surface area (Å²) >= 11 is 3.43. The fourth-order valence-corrected chi connectivity index (χ4v) is 3.00. The highest BCUT2D eigenvalue weighted by atomic mass is 79.9. The predicted octanol–water partition coefficient (Wildman–Crippen LogP) is 2.42. The number of likely N-dealkylation sites (tertiary alicyclic amines) is 1. The van der Waals surface area contributed by atoms with E-state index in [4.69, 9.17) is 5.73 Å². The molecule has 0 radical (unpaired) electrons. The summed E-state index contributed by atoms with van der Waals surface area (Å²) in [6, 6.07) is 7.33. The Morgan fingerprint density at radius 2 is 2.24 bits per heavy atom. The maximum Gasteiger partial charge on any atom is 0.314 e. The first-order valence-corrected chi connectivity index (χ1v) is 7.87. The van der Waals surface area contributed by atoms with Crippen molar-refractivity contribution in [1.82, 2.24) is 10.2 Å². The van der Waals surface area contributed by atoms with Crippen molar-refractivity contribution >= 4 is 27.9 Å². The van der Waals surface area contributed by atoms with E-state index >= 15 is 0 Å². The fraction of sp³-hybridized carbons (Fsp3) is 0.467. The number of benzene rings is 1. The molecular weight excluding hydrogens is 334 g/mol. The van der Waals surface area contributed by atoms with Crippen molar-refractivity contribution in [1.29, 1.82) is 0 Å². The van der Waals surface area contributed by atoms with Crippen LogP contribution in [0.4, 0.5) is 4.79 Å². The van der Waals surface area contributed by atoms with Gasteiger partial charge in [-0.3, -0.25) is 4.79 Å². The van der Waals surface area contributed by atoms with E-state index in [-0.39, 0.29) is 17.9 Å². The summed E-state index contributed by atoms with van der Waals surface area (Å²) in [7, 11) is 0. The Bertz CT molecular complexity index is 535. The fourth-order valence-electron chi connectivity index (χ4n) is 2.58. The van der Waals surface area contributed by atoms with Gasteiger partial charge in [0.15, 0.2) is 0 Å². The van der Waals surface area contributed by atoms with Crippen LogP contribution < -0.4 is 11.1 Å². The van der Waals surface area contributed by atoms with Crippen molar-refractivity contribution in [2.45, 2.75) is 25.8 Å².